The minimum Gasteiger partial charge on any atom is -0.497 e. The Morgan fingerprint density at radius 3 is 2.53 bits per heavy atom. The highest BCUT2D eigenvalue weighted by Gasteiger charge is 2.44. The van der Waals surface area contributed by atoms with Crippen LogP contribution in [0, 0.1) is 13.8 Å². The number of methoxy groups -OCH3 is 1. The molecule has 0 saturated carbocycles. The minimum absolute atomic E-state index is 0.0310. The molecule has 38 heavy (non-hydrogen) atoms. The number of amides is 1. The van der Waals surface area contributed by atoms with Crippen molar-refractivity contribution in [2.75, 3.05) is 25.2 Å². The maximum atomic E-state index is 14.0. The molecule has 2 heterocycles. The van der Waals surface area contributed by atoms with E-state index >= 15 is 0 Å². The summed E-state index contributed by atoms with van der Waals surface area (Å²) in [6.07, 6.45) is 1.65. The summed E-state index contributed by atoms with van der Waals surface area (Å²) in [5, 5.41) is 0.438. The summed E-state index contributed by atoms with van der Waals surface area (Å²) in [4.78, 5) is 29.5. The summed E-state index contributed by atoms with van der Waals surface area (Å²) in [7, 11) is 1.57. The molecule has 1 amide bonds. The molecule has 1 unspecified atom stereocenters. The molecular formula is C31H29NO6. The lowest BCUT2D eigenvalue weighted by Gasteiger charge is -2.26. The van der Waals surface area contributed by atoms with E-state index in [1.54, 1.807) is 42.4 Å². The number of carbonyl (C=O) groups is 1. The van der Waals surface area contributed by atoms with E-state index in [-0.39, 0.29) is 16.8 Å². The van der Waals surface area contributed by atoms with Crippen molar-refractivity contribution in [2.24, 2.45) is 0 Å². The molecule has 0 saturated heterocycles. The number of hydrogen-bond acceptors (Lipinski definition) is 6. The number of hydrogen-bond donors (Lipinski definition) is 0. The van der Waals surface area contributed by atoms with Gasteiger partial charge in [0.15, 0.2) is 16.9 Å². The summed E-state index contributed by atoms with van der Waals surface area (Å²) >= 11 is 0. The Hall–Kier alpha value is -4.52. The molecule has 0 N–H and O–H groups in total. The van der Waals surface area contributed by atoms with Crippen molar-refractivity contribution in [3.05, 3.63) is 105 Å². The number of benzene rings is 3. The van der Waals surface area contributed by atoms with Crippen molar-refractivity contribution in [3.63, 3.8) is 0 Å². The van der Waals surface area contributed by atoms with Gasteiger partial charge in [0.25, 0.3) is 5.91 Å². The Bertz CT molecular complexity index is 1620. The van der Waals surface area contributed by atoms with E-state index in [0.717, 1.165) is 11.1 Å². The van der Waals surface area contributed by atoms with E-state index in [1.165, 1.54) is 0 Å². The second-order valence-corrected chi connectivity index (χ2v) is 9.12. The van der Waals surface area contributed by atoms with Crippen LogP contribution in [0.4, 0.5) is 5.69 Å². The third-order valence-corrected chi connectivity index (χ3v) is 6.76. The lowest BCUT2D eigenvalue weighted by atomic mass is 9.97. The van der Waals surface area contributed by atoms with Crippen molar-refractivity contribution in [2.45, 2.75) is 26.8 Å². The van der Waals surface area contributed by atoms with E-state index < -0.39 is 11.9 Å². The monoisotopic (exact) mass is 511 g/mol. The highest BCUT2D eigenvalue weighted by atomic mass is 16.5. The Morgan fingerprint density at radius 2 is 1.79 bits per heavy atom. The third-order valence-electron chi connectivity index (χ3n) is 6.76. The summed E-state index contributed by atoms with van der Waals surface area (Å²) in [6.45, 7) is 10.2. The number of ether oxygens (including phenoxy) is 3. The lowest BCUT2D eigenvalue weighted by molar-refractivity contribution is 0.0971. The standard InChI is InChI=1S/C31H29NO6/c1-6-13-37-24-12-11-20(16-26(24)36-7-2)28-27-29(33)23-14-18(3)19(4)15-25(23)38-30(27)31(34)32(28)21-9-8-10-22(17-21)35-5/h6,8-12,14-17,28H,1,7,13H2,2-5H3. The van der Waals surface area contributed by atoms with Crippen LogP contribution in [0.15, 0.2) is 76.5 Å². The lowest BCUT2D eigenvalue weighted by Crippen LogP contribution is -2.29. The fourth-order valence-corrected chi connectivity index (χ4v) is 4.80. The van der Waals surface area contributed by atoms with Crippen LogP contribution < -0.4 is 24.5 Å². The molecule has 1 aliphatic heterocycles. The highest BCUT2D eigenvalue weighted by molar-refractivity contribution is 6.10. The van der Waals surface area contributed by atoms with Crippen molar-refractivity contribution in [3.8, 4) is 17.2 Å². The van der Waals surface area contributed by atoms with Crippen molar-refractivity contribution >= 4 is 22.6 Å². The third kappa shape index (κ3) is 4.20. The molecule has 0 bridgehead atoms. The van der Waals surface area contributed by atoms with E-state index in [0.29, 0.717) is 52.7 Å². The van der Waals surface area contributed by atoms with Crippen LogP contribution in [0.1, 0.15) is 45.8 Å². The van der Waals surface area contributed by atoms with Crippen molar-refractivity contribution in [1.82, 2.24) is 0 Å². The van der Waals surface area contributed by atoms with Gasteiger partial charge in [0.2, 0.25) is 5.76 Å². The first-order valence-electron chi connectivity index (χ1n) is 12.4. The largest absolute Gasteiger partial charge is 0.497 e. The predicted octanol–water partition coefficient (Wildman–Crippen LogP) is 6.13. The van der Waals surface area contributed by atoms with Crippen LogP contribution in [0.25, 0.3) is 11.0 Å². The topological polar surface area (TPSA) is 78.2 Å². The van der Waals surface area contributed by atoms with Gasteiger partial charge in [-0.3, -0.25) is 14.5 Å². The number of anilines is 1. The van der Waals surface area contributed by atoms with Gasteiger partial charge in [-0.1, -0.05) is 24.8 Å². The van der Waals surface area contributed by atoms with Gasteiger partial charge in [-0.25, -0.2) is 0 Å². The number of fused-ring (bicyclic) bond motifs is 2. The van der Waals surface area contributed by atoms with Gasteiger partial charge in [0.1, 0.15) is 17.9 Å². The molecule has 4 aromatic rings. The van der Waals surface area contributed by atoms with Gasteiger partial charge in [-0.15, -0.1) is 0 Å². The molecule has 7 nitrogen and oxygen atoms in total. The molecule has 7 heteroatoms. The molecule has 1 aromatic heterocycles. The van der Waals surface area contributed by atoms with Crippen LogP contribution >= 0.6 is 0 Å². The zero-order valence-corrected chi connectivity index (χ0v) is 21.9. The molecule has 194 valence electrons. The average Bonchev–Trinajstić information content (AvgIpc) is 3.21. The Morgan fingerprint density at radius 1 is 1.00 bits per heavy atom. The van der Waals surface area contributed by atoms with E-state index in [4.69, 9.17) is 18.6 Å². The van der Waals surface area contributed by atoms with Crippen LogP contribution in [0.5, 0.6) is 17.2 Å². The molecule has 0 spiro atoms. The second kappa shape index (κ2) is 10.1. The zero-order valence-electron chi connectivity index (χ0n) is 21.9. The van der Waals surface area contributed by atoms with Crippen LogP contribution in [0.3, 0.4) is 0 Å². The summed E-state index contributed by atoms with van der Waals surface area (Å²) in [5.74, 6) is 1.27. The first-order chi connectivity index (χ1) is 18.4. The molecule has 1 aliphatic rings. The molecule has 1 atom stereocenters. The molecule has 0 radical (unpaired) electrons. The van der Waals surface area contributed by atoms with Gasteiger partial charge in [0, 0.05) is 11.8 Å². The van der Waals surface area contributed by atoms with Gasteiger partial charge < -0.3 is 18.6 Å². The number of carbonyl (C=O) groups excluding carboxylic acids is 1. The first kappa shape index (κ1) is 25.1. The van der Waals surface area contributed by atoms with E-state index in [2.05, 4.69) is 6.58 Å². The Balaban J connectivity index is 1.77. The van der Waals surface area contributed by atoms with Crippen molar-refractivity contribution in [1.29, 1.82) is 0 Å². The summed E-state index contributed by atoms with van der Waals surface area (Å²) in [5.41, 5.74) is 3.64. The molecule has 3 aromatic carbocycles. The number of aryl methyl sites for hydroxylation is 2. The average molecular weight is 512 g/mol. The number of nitrogens with zero attached hydrogens (tertiary/aromatic N) is 1. The second-order valence-electron chi connectivity index (χ2n) is 9.12. The number of rotatable bonds is 8. The maximum Gasteiger partial charge on any atom is 0.295 e. The van der Waals surface area contributed by atoms with Crippen molar-refractivity contribution < 1.29 is 23.4 Å². The zero-order chi connectivity index (χ0) is 27.0. The van der Waals surface area contributed by atoms with Crippen LogP contribution in [-0.4, -0.2) is 26.2 Å². The maximum absolute atomic E-state index is 14.0. The van der Waals surface area contributed by atoms with Gasteiger partial charge in [0.05, 0.1) is 30.7 Å². The summed E-state index contributed by atoms with van der Waals surface area (Å²) < 4.78 is 23.2. The Labute approximate surface area is 220 Å². The fourth-order valence-electron chi connectivity index (χ4n) is 4.80. The van der Waals surface area contributed by atoms with E-state index in [9.17, 15) is 9.59 Å². The molecule has 5 rings (SSSR count). The van der Waals surface area contributed by atoms with Gasteiger partial charge in [-0.05, 0) is 73.9 Å². The normalized spacial score (nSPS) is 14.5. The first-order valence-corrected chi connectivity index (χ1v) is 12.4. The SMILES string of the molecule is C=CCOc1ccc(C2c3c(oc4cc(C)c(C)cc4c3=O)C(=O)N2c2cccc(OC)c2)cc1OCC. The van der Waals surface area contributed by atoms with Gasteiger partial charge >= 0.3 is 0 Å². The van der Waals surface area contributed by atoms with E-state index in [1.807, 2.05) is 51.1 Å². The highest BCUT2D eigenvalue weighted by Crippen LogP contribution is 2.44. The fraction of sp³-hybridized carbons (Fsp3) is 0.226. The minimum atomic E-state index is -0.750. The molecular weight excluding hydrogens is 482 g/mol. The molecule has 0 fully saturated rings. The summed E-state index contributed by atoms with van der Waals surface area (Å²) in [6, 6.07) is 15.5. The van der Waals surface area contributed by atoms with Crippen LogP contribution in [0.2, 0.25) is 0 Å². The Kier molecular flexibility index (Phi) is 6.68. The smallest absolute Gasteiger partial charge is 0.295 e. The van der Waals surface area contributed by atoms with Gasteiger partial charge in [-0.2, -0.15) is 0 Å². The van der Waals surface area contributed by atoms with Crippen LogP contribution in [-0.2, 0) is 0 Å². The molecule has 0 aliphatic carbocycles. The predicted molar refractivity (Wildman–Crippen MR) is 147 cm³/mol. The quantitative estimate of drug-likeness (QED) is 0.265.